The number of halogens is 1. The molecule has 0 bridgehead atoms. The predicted molar refractivity (Wildman–Crippen MR) is 88.0 cm³/mol. The van der Waals surface area contributed by atoms with Crippen LogP contribution in [0.5, 0.6) is 0 Å². The molecule has 0 N–H and O–H groups in total. The Labute approximate surface area is 130 Å². The predicted octanol–water partition coefficient (Wildman–Crippen LogP) is 4.54. The summed E-state index contributed by atoms with van der Waals surface area (Å²) in [5.74, 6) is 0.563. The van der Waals surface area contributed by atoms with Crippen LogP contribution in [0.4, 0.5) is 4.39 Å². The number of thioether (sulfide) groups is 1. The molecule has 0 saturated heterocycles. The van der Waals surface area contributed by atoms with Crippen LogP contribution in [-0.4, -0.2) is 23.2 Å². The van der Waals surface area contributed by atoms with Gasteiger partial charge < -0.3 is 4.90 Å². The fraction of sp³-hybridized carbons (Fsp3) is 0.312. The van der Waals surface area contributed by atoms with Gasteiger partial charge in [0.25, 0.3) is 0 Å². The summed E-state index contributed by atoms with van der Waals surface area (Å²) < 4.78 is 14.6. The van der Waals surface area contributed by atoms with Gasteiger partial charge in [-0.15, -0.1) is 11.3 Å². The normalized spacial score (nSPS) is 21.4. The molecule has 0 unspecified atom stereocenters. The smallest absolute Gasteiger partial charge is 0.168 e. The number of aliphatic imine (C=N–C) groups is 1. The van der Waals surface area contributed by atoms with E-state index in [-0.39, 0.29) is 5.82 Å². The molecule has 1 saturated carbocycles. The monoisotopic (exact) mass is 316 g/mol. The van der Waals surface area contributed by atoms with Gasteiger partial charge >= 0.3 is 0 Å². The maximum Gasteiger partial charge on any atom is 0.168 e. The number of fused-ring (bicyclic) bond motifs is 2. The zero-order valence-electron chi connectivity index (χ0n) is 11.3. The molecule has 2 aliphatic heterocycles. The van der Waals surface area contributed by atoms with E-state index in [0.29, 0.717) is 0 Å². The van der Waals surface area contributed by atoms with Gasteiger partial charge in [-0.3, -0.25) is 4.99 Å². The quantitative estimate of drug-likeness (QED) is 0.808. The number of benzene rings is 1. The summed E-state index contributed by atoms with van der Waals surface area (Å²) in [4.78, 5) is 9.72. The SMILES string of the molecule is Fc1ccc2sc(C3=C(C4CC4)SC4=NCCN43)cc2c1. The van der Waals surface area contributed by atoms with E-state index < -0.39 is 0 Å². The number of thiophene rings is 1. The lowest BCUT2D eigenvalue weighted by Crippen LogP contribution is -2.19. The molecule has 5 rings (SSSR count). The van der Waals surface area contributed by atoms with Gasteiger partial charge in [-0.2, -0.15) is 0 Å². The minimum Gasteiger partial charge on any atom is -0.317 e. The third-order valence-electron chi connectivity index (χ3n) is 4.17. The molecule has 3 aliphatic rings. The van der Waals surface area contributed by atoms with Crippen molar-refractivity contribution in [1.82, 2.24) is 4.90 Å². The van der Waals surface area contributed by atoms with Gasteiger partial charge in [0.05, 0.1) is 17.1 Å². The number of hydrogen-bond donors (Lipinski definition) is 0. The molecule has 5 heteroatoms. The van der Waals surface area contributed by atoms with Gasteiger partial charge in [0.15, 0.2) is 5.17 Å². The Hall–Kier alpha value is -1.33. The zero-order valence-corrected chi connectivity index (χ0v) is 12.9. The number of amidine groups is 1. The Morgan fingerprint density at radius 3 is 3.00 bits per heavy atom. The largest absolute Gasteiger partial charge is 0.317 e. The summed E-state index contributed by atoms with van der Waals surface area (Å²) in [6, 6.07) is 7.21. The number of rotatable bonds is 2. The minimum atomic E-state index is -0.160. The van der Waals surface area contributed by atoms with Crippen molar-refractivity contribution >= 4 is 44.0 Å². The average molecular weight is 316 g/mol. The summed E-state index contributed by atoms with van der Waals surface area (Å²) in [6.45, 7) is 1.87. The van der Waals surface area contributed by atoms with Crippen LogP contribution in [0, 0.1) is 11.7 Å². The van der Waals surface area contributed by atoms with Crippen molar-refractivity contribution in [1.29, 1.82) is 0 Å². The maximum atomic E-state index is 13.4. The molecule has 3 heterocycles. The number of nitrogens with zero attached hydrogens (tertiary/aromatic N) is 2. The lowest BCUT2D eigenvalue weighted by Gasteiger charge is -2.15. The Bertz CT molecular complexity index is 817. The first-order valence-corrected chi connectivity index (χ1v) is 8.86. The third-order valence-corrected chi connectivity index (χ3v) is 6.57. The molecule has 1 aromatic carbocycles. The summed E-state index contributed by atoms with van der Waals surface area (Å²) in [6.07, 6.45) is 2.60. The first kappa shape index (κ1) is 12.2. The molecule has 1 aromatic heterocycles. The van der Waals surface area contributed by atoms with E-state index in [1.54, 1.807) is 23.5 Å². The van der Waals surface area contributed by atoms with Crippen LogP contribution >= 0.6 is 23.1 Å². The van der Waals surface area contributed by atoms with Crippen LogP contribution in [0.25, 0.3) is 15.8 Å². The average Bonchev–Trinajstić information content (AvgIpc) is 2.93. The van der Waals surface area contributed by atoms with Crippen LogP contribution < -0.4 is 0 Å². The highest BCUT2D eigenvalue weighted by Crippen LogP contribution is 2.53. The topological polar surface area (TPSA) is 15.6 Å². The molecular weight excluding hydrogens is 303 g/mol. The van der Waals surface area contributed by atoms with Crippen LogP contribution in [0.3, 0.4) is 0 Å². The highest BCUT2D eigenvalue weighted by molar-refractivity contribution is 8.17. The van der Waals surface area contributed by atoms with Gasteiger partial charge in [-0.25, -0.2) is 4.39 Å². The van der Waals surface area contributed by atoms with E-state index in [9.17, 15) is 4.39 Å². The highest BCUT2D eigenvalue weighted by atomic mass is 32.2. The lowest BCUT2D eigenvalue weighted by molar-refractivity contribution is 0.630. The summed E-state index contributed by atoms with van der Waals surface area (Å²) in [7, 11) is 0. The van der Waals surface area contributed by atoms with Crippen molar-refractivity contribution in [3.63, 3.8) is 0 Å². The van der Waals surface area contributed by atoms with E-state index >= 15 is 0 Å². The zero-order chi connectivity index (χ0) is 14.0. The number of allylic oxidation sites excluding steroid dienone is 1. The van der Waals surface area contributed by atoms with Crippen molar-refractivity contribution in [3.8, 4) is 0 Å². The Kier molecular flexibility index (Phi) is 2.53. The number of hydrogen-bond acceptors (Lipinski definition) is 4. The van der Waals surface area contributed by atoms with Gasteiger partial charge in [0.2, 0.25) is 0 Å². The van der Waals surface area contributed by atoms with Crippen LogP contribution in [-0.2, 0) is 0 Å². The van der Waals surface area contributed by atoms with Crippen LogP contribution in [0.15, 0.2) is 34.2 Å². The van der Waals surface area contributed by atoms with Crippen molar-refractivity contribution < 1.29 is 4.39 Å². The molecular formula is C16H13FN2S2. The molecule has 106 valence electrons. The standard InChI is InChI=1S/C16H13FN2S2/c17-11-3-4-12-10(7-11)8-13(20-12)14-15(9-1-2-9)21-16-18-5-6-19(14)16/h3-4,7-9H,1-2,5-6H2. The molecule has 0 spiro atoms. The van der Waals surface area contributed by atoms with E-state index in [4.69, 9.17) is 0 Å². The van der Waals surface area contributed by atoms with Crippen LogP contribution in [0.2, 0.25) is 0 Å². The Morgan fingerprint density at radius 2 is 2.14 bits per heavy atom. The van der Waals surface area contributed by atoms with Gasteiger partial charge in [-0.05, 0) is 48.4 Å². The second kappa shape index (κ2) is 4.34. The van der Waals surface area contributed by atoms with Gasteiger partial charge in [0, 0.05) is 16.1 Å². The lowest BCUT2D eigenvalue weighted by atomic mass is 10.2. The van der Waals surface area contributed by atoms with E-state index in [1.165, 1.54) is 28.3 Å². The first-order valence-electron chi connectivity index (χ1n) is 7.23. The van der Waals surface area contributed by atoms with Crippen molar-refractivity contribution in [2.45, 2.75) is 12.8 Å². The van der Waals surface area contributed by atoms with E-state index in [2.05, 4.69) is 16.0 Å². The molecule has 0 radical (unpaired) electrons. The second-order valence-electron chi connectivity index (χ2n) is 5.70. The molecule has 21 heavy (non-hydrogen) atoms. The molecule has 0 atom stereocenters. The molecule has 2 aromatic rings. The minimum absolute atomic E-state index is 0.160. The first-order chi connectivity index (χ1) is 10.3. The van der Waals surface area contributed by atoms with E-state index in [0.717, 1.165) is 34.3 Å². The summed E-state index contributed by atoms with van der Waals surface area (Å²) in [5, 5.41) is 2.17. The van der Waals surface area contributed by atoms with Crippen LogP contribution in [0.1, 0.15) is 17.7 Å². The van der Waals surface area contributed by atoms with Gasteiger partial charge in [0.1, 0.15) is 5.82 Å². The Morgan fingerprint density at radius 1 is 1.24 bits per heavy atom. The van der Waals surface area contributed by atoms with Gasteiger partial charge in [-0.1, -0.05) is 11.8 Å². The van der Waals surface area contributed by atoms with Crippen molar-refractivity contribution in [2.75, 3.05) is 13.1 Å². The fourth-order valence-corrected chi connectivity index (χ4v) is 5.55. The summed E-state index contributed by atoms with van der Waals surface area (Å²) in [5.41, 5.74) is 1.35. The van der Waals surface area contributed by atoms with Crippen molar-refractivity contribution in [3.05, 3.63) is 39.9 Å². The molecule has 1 fully saturated rings. The van der Waals surface area contributed by atoms with E-state index in [1.807, 2.05) is 17.8 Å². The maximum absolute atomic E-state index is 13.4. The highest BCUT2D eigenvalue weighted by Gasteiger charge is 2.40. The second-order valence-corrected chi connectivity index (χ2v) is 7.79. The summed E-state index contributed by atoms with van der Waals surface area (Å²) >= 11 is 3.62. The molecule has 0 amide bonds. The Balaban J connectivity index is 1.68. The van der Waals surface area contributed by atoms with Crippen molar-refractivity contribution in [2.24, 2.45) is 10.9 Å². The fourth-order valence-electron chi connectivity index (χ4n) is 3.01. The molecule has 1 aliphatic carbocycles. The molecule has 2 nitrogen and oxygen atoms in total. The third kappa shape index (κ3) is 1.87.